The Hall–Kier alpha value is -1.31. The SMILES string of the molecule is Cc1cccc2c1nc(CCCC(C)C)n2C. The van der Waals surface area contributed by atoms with Crippen LogP contribution in [0.1, 0.15) is 38.1 Å². The molecular formula is C15H22N2. The summed E-state index contributed by atoms with van der Waals surface area (Å²) in [6.07, 6.45) is 3.60. The number of imidazole rings is 1. The van der Waals surface area contributed by atoms with E-state index >= 15 is 0 Å². The monoisotopic (exact) mass is 230 g/mol. The molecule has 17 heavy (non-hydrogen) atoms. The second-order valence-corrected chi connectivity index (χ2v) is 5.32. The molecule has 2 nitrogen and oxygen atoms in total. The molecule has 0 spiro atoms. The molecule has 1 heterocycles. The number of para-hydroxylation sites is 1. The Balaban J connectivity index is 2.23. The standard InChI is InChI=1S/C15H22N2/c1-11(2)7-5-10-14-16-15-12(3)8-6-9-13(15)17(14)4/h6,8-9,11H,5,7,10H2,1-4H3. The smallest absolute Gasteiger partial charge is 0.109 e. The van der Waals surface area contributed by atoms with Crippen molar-refractivity contribution in [1.82, 2.24) is 9.55 Å². The Labute approximate surface area is 104 Å². The van der Waals surface area contributed by atoms with E-state index in [1.807, 2.05) is 0 Å². The second-order valence-electron chi connectivity index (χ2n) is 5.32. The quantitative estimate of drug-likeness (QED) is 0.780. The van der Waals surface area contributed by atoms with Crippen molar-refractivity contribution in [1.29, 1.82) is 0 Å². The van der Waals surface area contributed by atoms with Crippen LogP contribution in [0.4, 0.5) is 0 Å². The molecule has 0 aliphatic heterocycles. The lowest BCUT2D eigenvalue weighted by molar-refractivity contribution is 0.546. The molecule has 0 unspecified atom stereocenters. The number of fused-ring (bicyclic) bond motifs is 1. The van der Waals surface area contributed by atoms with E-state index in [1.165, 1.54) is 29.7 Å². The van der Waals surface area contributed by atoms with Gasteiger partial charge < -0.3 is 4.57 Å². The van der Waals surface area contributed by atoms with Crippen molar-refractivity contribution >= 4 is 11.0 Å². The summed E-state index contributed by atoms with van der Waals surface area (Å²) in [4.78, 5) is 4.77. The molecule has 2 aromatic rings. The highest BCUT2D eigenvalue weighted by Gasteiger charge is 2.08. The first kappa shape index (κ1) is 12.2. The maximum absolute atomic E-state index is 4.77. The molecular weight excluding hydrogens is 208 g/mol. The van der Waals surface area contributed by atoms with Gasteiger partial charge in [-0.15, -0.1) is 0 Å². The van der Waals surface area contributed by atoms with Crippen molar-refractivity contribution in [3.8, 4) is 0 Å². The third-order valence-electron chi connectivity index (χ3n) is 3.39. The summed E-state index contributed by atoms with van der Waals surface area (Å²) in [6.45, 7) is 6.69. The molecule has 0 saturated carbocycles. The van der Waals surface area contributed by atoms with Crippen LogP contribution in [0.2, 0.25) is 0 Å². The van der Waals surface area contributed by atoms with Gasteiger partial charge in [0.2, 0.25) is 0 Å². The Morgan fingerprint density at radius 2 is 2.06 bits per heavy atom. The molecule has 92 valence electrons. The largest absolute Gasteiger partial charge is 0.331 e. The lowest BCUT2D eigenvalue weighted by Crippen LogP contribution is -1.99. The van der Waals surface area contributed by atoms with E-state index in [1.54, 1.807) is 0 Å². The van der Waals surface area contributed by atoms with E-state index in [0.29, 0.717) is 0 Å². The average molecular weight is 230 g/mol. The van der Waals surface area contributed by atoms with Crippen LogP contribution >= 0.6 is 0 Å². The molecule has 1 aromatic carbocycles. The van der Waals surface area contributed by atoms with Crippen molar-refractivity contribution in [2.75, 3.05) is 0 Å². The molecule has 2 rings (SSSR count). The van der Waals surface area contributed by atoms with Gasteiger partial charge in [0, 0.05) is 13.5 Å². The highest BCUT2D eigenvalue weighted by atomic mass is 15.1. The fourth-order valence-electron chi connectivity index (χ4n) is 2.29. The average Bonchev–Trinajstić information content (AvgIpc) is 2.58. The molecule has 0 N–H and O–H groups in total. The van der Waals surface area contributed by atoms with Gasteiger partial charge in [-0.25, -0.2) is 4.98 Å². The predicted octanol–water partition coefficient (Wildman–Crippen LogP) is 3.86. The summed E-state index contributed by atoms with van der Waals surface area (Å²) in [5.41, 5.74) is 3.69. The van der Waals surface area contributed by atoms with Crippen molar-refractivity contribution < 1.29 is 0 Å². The third-order valence-corrected chi connectivity index (χ3v) is 3.39. The first-order chi connectivity index (χ1) is 8.09. The van der Waals surface area contributed by atoms with E-state index < -0.39 is 0 Å². The van der Waals surface area contributed by atoms with Gasteiger partial charge in [0.15, 0.2) is 0 Å². The molecule has 0 aliphatic rings. The first-order valence-electron chi connectivity index (χ1n) is 6.50. The molecule has 0 fully saturated rings. The third kappa shape index (κ3) is 2.51. The number of aromatic nitrogens is 2. The number of rotatable bonds is 4. The summed E-state index contributed by atoms with van der Waals surface area (Å²) in [5, 5.41) is 0. The van der Waals surface area contributed by atoms with Gasteiger partial charge >= 0.3 is 0 Å². The number of hydrogen-bond acceptors (Lipinski definition) is 1. The number of aryl methyl sites for hydroxylation is 3. The minimum Gasteiger partial charge on any atom is -0.331 e. The molecule has 0 amide bonds. The number of hydrogen-bond donors (Lipinski definition) is 0. The summed E-state index contributed by atoms with van der Waals surface area (Å²) >= 11 is 0. The van der Waals surface area contributed by atoms with Crippen molar-refractivity contribution in [3.05, 3.63) is 29.6 Å². The maximum atomic E-state index is 4.77. The van der Waals surface area contributed by atoms with Crippen LogP contribution in [0.25, 0.3) is 11.0 Å². The summed E-state index contributed by atoms with van der Waals surface area (Å²) in [7, 11) is 2.12. The molecule has 0 radical (unpaired) electrons. The van der Waals surface area contributed by atoms with Crippen LogP contribution in [-0.4, -0.2) is 9.55 Å². The Morgan fingerprint density at radius 1 is 1.29 bits per heavy atom. The van der Waals surface area contributed by atoms with E-state index in [2.05, 4.69) is 50.6 Å². The molecule has 0 saturated heterocycles. The van der Waals surface area contributed by atoms with Crippen LogP contribution in [0, 0.1) is 12.8 Å². The van der Waals surface area contributed by atoms with Crippen LogP contribution < -0.4 is 0 Å². The second kappa shape index (κ2) is 4.91. The van der Waals surface area contributed by atoms with Crippen LogP contribution in [0.15, 0.2) is 18.2 Å². The minimum atomic E-state index is 0.784. The first-order valence-corrected chi connectivity index (χ1v) is 6.50. The van der Waals surface area contributed by atoms with Gasteiger partial charge in [-0.2, -0.15) is 0 Å². The molecule has 0 bridgehead atoms. The Morgan fingerprint density at radius 3 is 2.71 bits per heavy atom. The number of benzene rings is 1. The van der Waals surface area contributed by atoms with E-state index in [9.17, 15) is 0 Å². The fraction of sp³-hybridized carbons (Fsp3) is 0.533. The maximum Gasteiger partial charge on any atom is 0.109 e. The zero-order valence-corrected chi connectivity index (χ0v) is 11.3. The predicted molar refractivity (Wildman–Crippen MR) is 73.2 cm³/mol. The number of nitrogens with zero attached hydrogens (tertiary/aromatic N) is 2. The van der Waals surface area contributed by atoms with E-state index in [0.717, 1.165) is 17.9 Å². The van der Waals surface area contributed by atoms with Crippen LogP contribution in [0.3, 0.4) is 0 Å². The van der Waals surface area contributed by atoms with Crippen LogP contribution in [0.5, 0.6) is 0 Å². The zero-order valence-electron chi connectivity index (χ0n) is 11.3. The minimum absolute atomic E-state index is 0.784. The summed E-state index contributed by atoms with van der Waals surface area (Å²) in [6, 6.07) is 6.39. The van der Waals surface area contributed by atoms with Gasteiger partial charge in [-0.1, -0.05) is 32.4 Å². The van der Waals surface area contributed by atoms with Crippen molar-refractivity contribution in [3.63, 3.8) is 0 Å². The molecule has 0 aliphatic carbocycles. The van der Waals surface area contributed by atoms with Gasteiger partial charge in [0.05, 0.1) is 11.0 Å². The lowest BCUT2D eigenvalue weighted by atomic mass is 10.1. The van der Waals surface area contributed by atoms with Crippen molar-refractivity contribution in [2.24, 2.45) is 13.0 Å². The Kier molecular flexibility index (Phi) is 3.51. The zero-order chi connectivity index (χ0) is 12.4. The van der Waals surface area contributed by atoms with Gasteiger partial charge in [0.1, 0.15) is 5.82 Å². The van der Waals surface area contributed by atoms with E-state index in [4.69, 9.17) is 4.98 Å². The van der Waals surface area contributed by atoms with Gasteiger partial charge in [-0.3, -0.25) is 0 Å². The lowest BCUT2D eigenvalue weighted by Gasteiger charge is -2.04. The van der Waals surface area contributed by atoms with Crippen LogP contribution in [-0.2, 0) is 13.5 Å². The fourth-order valence-corrected chi connectivity index (χ4v) is 2.29. The summed E-state index contributed by atoms with van der Waals surface area (Å²) in [5.74, 6) is 2.00. The Bertz CT molecular complexity index is 509. The highest BCUT2D eigenvalue weighted by molar-refractivity contribution is 5.79. The molecule has 0 atom stereocenters. The molecule has 1 aromatic heterocycles. The molecule has 2 heteroatoms. The normalized spacial score (nSPS) is 11.6. The van der Waals surface area contributed by atoms with Gasteiger partial charge in [-0.05, 0) is 30.9 Å². The highest BCUT2D eigenvalue weighted by Crippen LogP contribution is 2.19. The van der Waals surface area contributed by atoms with Gasteiger partial charge in [0.25, 0.3) is 0 Å². The van der Waals surface area contributed by atoms with E-state index in [-0.39, 0.29) is 0 Å². The summed E-state index contributed by atoms with van der Waals surface area (Å²) < 4.78 is 2.24. The van der Waals surface area contributed by atoms with Crippen molar-refractivity contribution in [2.45, 2.75) is 40.0 Å². The topological polar surface area (TPSA) is 17.8 Å².